The zero-order valence-corrected chi connectivity index (χ0v) is 21.3. The topological polar surface area (TPSA) is 109 Å². The fourth-order valence-electron chi connectivity index (χ4n) is 4.39. The number of piperidine rings is 1. The standard InChI is InChI=1S/C27H28N6O3S/c1-36-22-7-5-19(6-8-22)23-4-2-3-21(30-23)17-28-16-18-10-13-33(14-11-18)26-29-12-9-20(31-26)15-24-25(34)32-27(35)37-24/h2-9,12,15,18,28H,10-11,13-14,16-17H2,1H3,(H,32,34,35)/b24-15-. The minimum Gasteiger partial charge on any atom is -0.497 e. The van der Waals surface area contributed by atoms with Crippen LogP contribution in [0, 0.1) is 5.92 Å². The molecule has 0 atom stereocenters. The Bertz CT molecular complexity index is 1310. The van der Waals surface area contributed by atoms with Crippen molar-refractivity contribution < 1.29 is 14.3 Å². The molecule has 2 N–H and O–H groups in total. The van der Waals surface area contributed by atoms with Gasteiger partial charge in [-0.1, -0.05) is 6.07 Å². The third-order valence-electron chi connectivity index (χ3n) is 6.41. The number of nitrogens with zero attached hydrogens (tertiary/aromatic N) is 4. The number of amides is 2. The summed E-state index contributed by atoms with van der Waals surface area (Å²) >= 11 is 0.888. The molecule has 2 fully saturated rings. The highest BCUT2D eigenvalue weighted by atomic mass is 32.2. The van der Waals surface area contributed by atoms with Crippen LogP contribution in [0.5, 0.6) is 5.75 Å². The maximum absolute atomic E-state index is 11.8. The maximum Gasteiger partial charge on any atom is 0.290 e. The van der Waals surface area contributed by atoms with E-state index in [9.17, 15) is 9.59 Å². The predicted molar refractivity (Wildman–Crippen MR) is 144 cm³/mol. The highest BCUT2D eigenvalue weighted by Gasteiger charge is 2.25. The van der Waals surface area contributed by atoms with Crippen LogP contribution >= 0.6 is 11.8 Å². The van der Waals surface area contributed by atoms with E-state index in [1.165, 1.54) is 0 Å². The first-order valence-corrected chi connectivity index (χ1v) is 13.0. The molecular weight excluding hydrogens is 488 g/mol. The number of thioether (sulfide) groups is 1. The molecule has 0 spiro atoms. The number of hydrogen-bond donors (Lipinski definition) is 2. The van der Waals surface area contributed by atoms with E-state index in [1.807, 2.05) is 42.5 Å². The molecule has 190 valence electrons. The van der Waals surface area contributed by atoms with Gasteiger partial charge in [0.1, 0.15) is 5.75 Å². The van der Waals surface area contributed by atoms with Crippen LogP contribution in [0.3, 0.4) is 0 Å². The lowest BCUT2D eigenvalue weighted by Crippen LogP contribution is -2.38. The van der Waals surface area contributed by atoms with Gasteiger partial charge in [0.2, 0.25) is 5.95 Å². The van der Waals surface area contributed by atoms with E-state index in [2.05, 4.69) is 25.5 Å². The maximum atomic E-state index is 11.8. The van der Waals surface area contributed by atoms with Gasteiger partial charge >= 0.3 is 0 Å². The lowest BCUT2D eigenvalue weighted by Gasteiger charge is -2.32. The number of nitrogens with one attached hydrogen (secondary N) is 2. The number of imide groups is 1. The van der Waals surface area contributed by atoms with Crippen LogP contribution in [0.2, 0.25) is 0 Å². The molecule has 0 radical (unpaired) electrons. The van der Waals surface area contributed by atoms with Gasteiger partial charge in [-0.05, 0) is 85.6 Å². The molecule has 0 unspecified atom stereocenters. The van der Waals surface area contributed by atoms with Crippen molar-refractivity contribution in [3.63, 3.8) is 0 Å². The molecule has 5 rings (SSSR count). The lowest BCUT2D eigenvalue weighted by atomic mass is 9.97. The summed E-state index contributed by atoms with van der Waals surface area (Å²) in [4.78, 5) is 39.5. The average molecular weight is 517 g/mol. The number of benzene rings is 1. The average Bonchev–Trinajstić information content (AvgIpc) is 3.25. The second-order valence-corrected chi connectivity index (χ2v) is 9.95. The summed E-state index contributed by atoms with van der Waals surface area (Å²) in [5.74, 6) is 1.66. The number of aromatic nitrogens is 3. The first-order valence-electron chi connectivity index (χ1n) is 12.2. The van der Waals surface area contributed by atoms with Crippen molar-refractivity contribution in [2.24, 2.45) is 5.92 Å². The Kier molecular flexibility index (Phi) is 7.76. The van der Waals surface area contributed by atoms with Gasteiger partial charge < -0.3 is 15.0 Å². The van der Waals surface area contributed by atoms with Gasteiger partial charge in [-0.15, -0.1) is 0 Å². The number of ether oxygens (including phenoxy) is 1. The Balaban J connectivity index is 1.11. The molecule has 10 heteroatoms. The molecule has 9 nitrogen and oxygen atoms in total. The van der Waals surface area contributed by atoms with Crippen LogP contribution in [0.25, 0.3) is 17.3 Å². The van der Waals surface area contributed by atoms with Gasteiger partial charge in [0.15, 0.2) is 0 Å². The van der Waals surface area contributed by atoms with Crippen LogP contribution in [0.4, 0.5) is 10.7 Å². The summed E-state index contributed by atoms with van der Waals surface area (Å²) in [6.07, 6.45) is 5.39. The minimum absolute atomic E-state index is 0.350. The SMILES string of the molecule is COc1ccc(-c2cccc(CNCC3CCN(c4nccc(/C=C5\SC(=O)NC5=O)n4)CC3)n2)cc1. The fraction of sp³-hybridized carbons (Fsp3) is 0.296. The molecule has 2 aromatic heterocycles. The molecule has 0 bridgehead atoms. The van der Waals surface area contributed by atoms with Crippen molar-refractivity contribution in [2.75, 3.05) is 31.6 Å². The lowest BCUT2D eigenvalue weighted by molar-refractivity contribution is -0.115. The number of carbonyl (C=O) groups excluding carboxylic acids is 2. The van der Waals surface area contributed by atoms with Crippen LogP contribution < -0.4 is 20.3 Å². The van der Waals surface area contributed by atoms with Crippen molar-refractivity contribution in [2.45, 2.75) is 19.4 Å². The minimum atomic E-state index is -0.383. The van der Waals surface area contributed by atoms with E-state index in [4.69, 9.17) is 9.72 Å². The van der Waals surface area contributed by atoms with E-state index in [1.54, 1.807) is 25.4 Å². The summed E-state index contributed by atoms with van der Waals surface area (Å²) in [5.41, 5.74) is 3.65. The number of carbonyl (C=O) groups is 2. The third-order valence-corrected chi connectivity index (χ3v) is 7.23. The summed E-state index contributed by atoms with van der Waals surface area (Å²) in [6, 6.07) is 15.8. The Hall–Kier alpha value is -3.76. The number of methoxy groups -OCH3 is 1. The predicted octanol–water partition coefficient (Wildman–Crippen LogP) is 3.88. The molecule has 1 aromatic carbocycles. The summed E-state index contributed by atoms with van der Waals surface area (Å²) < 4.78 is 5.24. The normalized spacial score (nSPS) is 17.3. The summed E-state index contributed by atoms with van der Waals surface area (Å²) in [5, 5.41) is 5.47. The molecule has 2 aliphatic rings. The van der Waals surface area contributed by atoms with Gasteiger partial charge in [-0.2, -0.15) is 0 Å². The molecule has 3 aromatic rings. The second-order valence-electron chi connectivity index (χ2n) is 8.94. The number of rotatable bonds is 8. The molecule has 4 heterocycles. The number of anilines is 1. The summed E-state index contributed by atoms with van der Waals surface area (Å²) in [7, 11) is 1.66. The Morgan fingerprint density at radius 1 is 1.11 bits per heavy atom. The third kappa shape index (κ3) is 6.33. The largest absolute Gasteiger partial charge is 0.497 e. The van der Waals surface area contributed by atoms with Gasteiger partial charge in [-0.3, -0.25) is 19.9 Å². The molecule has 37 heavy (non-hydrogen) atoms. The van der Waals surface area contributed by atoms with Crippen LogP contribution in [0.15, 0.2) is 59.6 Å². The quantitative estimate of drug-likeness (QED) is 0.431. The van der Waals surface area contributed by atoms with Crippen molar-refractivity contribution in [1.82, 2.24) is 25.6 Å². The molecule has 2 aliphatic heterocycles. The molecule has 0 aliphatic carbocycles. The molecular formula is C27H28N6O3S. The Labute approximate surface area is 219 Å². The van der Waals surface area contributed by atoms with Gasteiger partial charge in [0.25, 0.3) is 11.1 Å². The van der Waals surface area contributed by atoms with Crippen LogP contribution in [0.1, 0.15) is 24.2 Å². The highest BCUT2D eigenvalue weighted by Crippen LogP contribution is 2.26. The zero-order valence-electron chi connectivity index (χ0n) is 20.5. The molecule has 0 saturated carbocycles. The summed E-state index contributed by atoms with van der Waals surface area (Å²) in [6.45, 7) is 3.38. The highest BCUT2D eigenvalue weighted by molar-refractivity contribution is 8.18. The van der Waals surface area contributed by atoms with E-state index < -0.39 is 0 Å². The van der Waals surface area contributed by atoms with Crippen molar-refractivity contribution in [3.05, 3.63) is 71.0 Å². The van der Waals surface area contributed by atoms with E-state index in [0.29, 0.717) is 22.5 Å². The zero-order chi connectivity index (χ0) is 25.6. The first-order chi connectivity index (χ1) is 18.1. The van der Waals surface area contributed by atoms with E-state index in [-0.39, 0.29) is 11.1 Å². The van der Waals surface area contributed by atoms with Crippen LogP contribution in [-0.2, 0) is 11.3 Å². The monoisotopic (exact) mass is 516 g/mol. The van der Waals surface area contributed by atoms with E-state index in [0.717, 1.165) is 73.5 Å². The Morgan fingerprint density at radius 2 is 1.92 bits per heavy atom. The van der Waals surface area contributed by atoms with Gasteiger partial charge in [0, 0.05) is 31.4 Å². The van der Waals surface area contributed by atoms with Gasteiger partial charge in [0.05, 0.1) is 29.1 Å². The number of pyridine rings is 1. The van der Waals surface area contributed by atoms with Crippen molar-refractivity contribution in [1.29, 1.82) is 0 Å². The van der Waals surface area contributed by atoms with Crippen molar-refractivity contribution in [3.8, 4) is 17.0 Å². The van der Waals surface area contributed by atoms with Crippen LogP contribution in [-0.4, -0.2) is 52.8 Å². The smallest absolute Gasteiger partial charge is 0.290 e. The fourth-order valence-corrected chi connectivity index (χ4v) is 5.06. The first kappa shape index (κ1) is 24.9. The number of hydrogen-bond acceptors (Lipinski definition) is 9. The van der Waals surface area contributed by atoms with Gasteiger partial charge in [-0.25, -0.2) is 9.97 Å². The van der Waals surface area contributed by atoms with E-state index >= 15 is 0 Å². The molecule has 2 saturated heterocycles. The van der Waals surface area contributed by atoms with Crippen molar-refractivity contribution >= 4 is 34.9 Å². The molecule has 2 amide bonds. The Morgan fingerprint density at radius 3 is 2.65 bits per heavy atom. The second kappa shape index (κ2) is 11.5.